The molecule has 0 aromatic rings. The lowest BCUT2D eigenvalue weighted by atomic mass is 9.98. The monoisotopic (exact) mass is 411 g/mol. The van der Waals surface area contributed by atoms with Crippen LogP contribution in [0.3, 0.4) is 0 Å². The highest BCUT2D eigenvalue weighted by Gasteiger charge is 2.84. The zero-order valence-corrected chi connectivity index (χ0v) is 14.5. The van der Waals surface area contributed by atoms with Gasteiger partial charge in [0.15, 0.2) is 0 Å². The molecule has 0 unspecified atom stereocenters. The van der Waals surface area contributed by atoms with Crippen molar-refractivity contribution in [2.45, 2.75) is 62.0 Å². The fraction of sp³-hybridized carbons (Fsp3) is 1.00. The fourth-order valence-electron chi connectivity index (χ4n) is 1.51. The molecule has 0 radical (unpaired) electrons. The first kappa shape index (κ1) is 26.5. The second-order valence-electron chi connectivity index (χ2n) is 5.16. The lowest BCUT2D eigenvalue weighted by Gasteiger charge is -2.35. The fourth-order valence-corrected chi connectivity index (χ4v) is 1.96. The summed E-state index contributed by atoms with van der Waals surface area (Å²) in [6.07, 6.45) is -1.66. The van der Waals surface area contributed by atoms with Crippen LogP contribution in [-0.4, -0.2) is 50.1 Å². The Hall–Kier alpha value is -0.690. The van der Waals surface area contributed by atoms with Gasteiger partial charge in [-0.15, -0.1) is 0 Å². The van der Waals surface area contributed by atoms with Crippen molar-refractivity contribution in [2.75, 3.05) is 14.1 Å². The molecule has 154 valence electrons. The Kier molecular flexibility index (Phi) is 9.88. The zero-order valence-electron chi connectivity index (χ0n) is 13.7. The van der Waals surface area contributed by atoms with E-state index in [1.807, 2.05) is 14.1 Å². The van der Waals surface area contributed by atoms with Crippen molar-refractivity contribution in [3.63, 3.8) is 0 Å². The van der Waals surface area contributed by atoms with E-state index < -0.39 is 46.0 Å². The van der Waals surface area contributed by atoms with E-state index in [4.69, 9.17) is 4.55 Å². The highest BCUT2D eigenvalue weighted by Crippen LogP contribution is 2.55. The quantitative estimate of drug-likeness (QED) is 0.339. The molecule has 0 heterocycles. The molecule has 0 aliphatic heterocycles. The van der Waals surface area contributed by atoms with Gasteiger partial charge < -0.3 is 5.32 Å². The maximum Gasteiger partial charge on any atom is 0.438 e. The third-order valence-electron chi connectivity index (χ3n) is 2.89. The van der Waals surface area contributed by atoms with Gasteiger partial charge in [0.1, 0.15) is 0 Å². The Morgan fingerprint density at radius 1 is 0.840 bits per heavy atom. The highest BCUT2D eigenvalue weighted by molar-refractivity contribution is 7.87. The molecule has 0 atom stereocenters. The van der Waals surface area contributed by atoms with Crippen LogP contribution in [0.5, 0.6) is 0 Å². The number of rotatable bonds is 9. The Bertz CT molecular complexity index is 497. The molecule has 2 N–H and O–H groups in total. The Balaban J connectivity index is 0. The van der Waals surface area contributed by atoms with E-state index in [1.165, 1.54) is 0 Å². The van der Waals surface area contributed by atoms with Gasteiger partial charge in [0.2, 0.25) is 0 Å². The van der Waals surface area contributed by atoms with Crippen LogP contribution >= 0.6 is 0 Å². The number of nitrogens with one attached hydrogen (secondary N) is 1. The maximum atomic E-state index is 13.2. The first-order valence-electron chi connectivity index (χ1n) is 7.04. The van der Waals surface area contributed by atoms with Crippen molar-refractivity contribution < 1.29 is 48.1 Å². The van der Waals surface area contributed by atoms with Crippen molar-refractivity contribution in [1.82, 2.24) is 5.32 Å². The Morgan fingerprint density at radius 3 is 1.56 bits per heavy atom. The summed E-state index contributed by atoms with van der Waals surface area (Å²) in [7, 11) is -3.28. The second kappa shape index (κ2) is 9.31. The average molecular weight is 411 g/mol. The maximum absolute atomic E-state index is 13.2. The number of halogens is 8. The number of hydrogen-bond acceptors (Lipinski definition) is 3. The minimum Gasteiger partial charge on any atom is -0.323 e. The van der Waals surface area contributed by atoms with Crippen LogP contribution in [0.1, 0.15) is 39.0 Å². The van der Waals surface area contributed by atoms with Crippen molar-refractivity contribution in [1.29, 1.82) is 0 Å². The highest BCUT2D eigenvalue weighted by atomic mass is 32.2. The summed E-state index contributed by atoms with van der Waals surface area (Å²) in [6.45, 7) is 1.65. The van der Waals surface area contributed by atoms with Gasteiger partial charge in [-0.05, 0) is 20.5 Å². The Morgan fingerprint density at radius 2 is 1.24 bits per heavy atom. The molecule has 0 spiro atoms. The van der Waals surface area contributed by atoms with E-state index >= 15 is 0 Å². The predicted octanol–water partition coefficient (Wildman–Crippen LogP) is 4.18. The Labute approximate surface area is 140 Å². The molecule has 4 nitrogen and oxygen atoms in total. The van der Waals surface area contributed by atoms with E-state index in [9.17, 15) is 43.5 Å². The minimum absolute atomic E-state index is 0.0254. The molecule has 0 aliphatic carbocycles. The summed E-state index contributed by atoms with van der Waals surface area (Å²) in [5.74, 6) is -19.3. The molecule has 13 heteroatoms. The number of hydrogen-bond donors (Lipinski definition) is 2. The number of alkyl halides is 8. The van der Waals surface area contributed by atoms with E-state index in [-0.39, 0.29) is 6.42 Å². The van der Waals surface area contributed by atoms with Crippen LogP contribution < -0.4 is 5.32 Å². The van der Waals surface area contributed by atoms with Crippen LogP contribution in [0.25, 0.3) is 0 Å². The van der Waals surface area contributed by atoms with Crippen LogP contribution in [0, 0.1) is 0 Å². The van der Waals surface area contributed by atoms with Crippen molar-refractivity contribution in [3.8, 4) is 0 Å². The van der Waals surface area contributed by atoms with Crippen molar-refractivity contribution in [3.05, 3.63) is 0 Å². The zero-order chi connectivity index (χ0) is 20.7. The average Bonchev–Trinajstić information content (AvgIpc) is 2.42. The van der Waals surface area contributed by atoms with Gasteiger partial charge in [0, 0.05) is 6.42 Å². The second-order valence-corrected chi connectivity index (χ2v) is 6.62. The summed E-state index contributed by atoms with van der Waals surface area (Å²) in [5.41, 5.74) is 0. The van der Waals surface area contributed by atoms with Gasteiger partial charge in [-0.3, -0.25) is 4.55 Å². The minimum atomic E-state index is -7.03. The molecule has 25 heavy (non-hydrogen) atoms. The molecule has 0 bridgehead atoms. The first-order valence-corrected chi connectivity index (χ1v) is 8.48. The molecular formula is C12H21F8NO3S. The molecule has 0 amide bonds. The summed E-state index contributed by atoms with van der Waals surface area (Å²) in [5, 5.41) is -4.02. The summed E-state index contributed by atoms with van der Waals surface area (Å²) >= 11 is 0. The summed E-state index contributed by atoms with van der Waals surface area (Å²) in [6, 6.07) is 0. The van der Waals surface area contributed by atoms with Crippen LogP contribution in [0.2, 0.25) is 0 Å². The van der Waals surface area contributed by atoms with Crippen LogP contribution in [0.4, 0.5) is 35.1 Å². The standard InChI is InChI=1S/C10H14F8O3S.C2H7N/c1-2-3-4-5-6-7(11,12)8(13,14)9(15,16)10(17,18)22(19,20)21;1-3-2/h2-6H2,1H3,(H,19,20,21);3H,1-2H3. The van der Waals surface area contributed by atoms with E-state index in [1.54, 1.807) is 6.92 Å². The molecule has 0 rings (SSSR count). The van der Waals surface area contributed by atoms with Gasteiger partial charge in [-0.2, -0.15) is 43.5 Å². The number of unbranched alkanes of at least 4 members (excludes halogenated alkanes) is 3. The lowest BCUT2D eigenvalue weighted by molar-refractivity contribution is -0.349. The van der Waals surface area contributed by atoms with E-state index in [0.29, 0.717) is 12.8 Å². The van der Waals surface area contributed by atoms with Crippen LogP contribution in [0.15, 0.2) is 0 Å². The van der Waals surface area contributed by atoms with Crippen LogP contribution in [-0.2, 0) is 10.1 Å². The molecule has 0 aromatic heterocycles. The molecule has 0 aliphatic rings. The first-order chi connectivity index (χ1) is 11.0. The van der Waals surface area contributed by atoms with Gasteiger partial charge in [-0.25, -0.2) is 0 Å². The smallest absolute Gasteiger partial charge is 0.323 e. The summed E-state index contributed by atoms with van der Waals surface area (Å²) < 4.78 is 132. The van der Waals surface area contributed by atoms with E-state index in [2.05, 4.69) is 5.32 Å². The molecule has 0 aromatic carbocycles. The lowest BCUT2D eigenvalue weighted by Crippen LogP contribution is -2.64. The predicted molar refractivity (Wildman–Crippen MR) is 75.1 cm³/mol. The largest absolute Gasteiger partial charge is 0.438 e. The third-order valence-corrected chi connectivity index (χ3v) is 3.79. The van der Waals surface area contributed by atoms with Gasteiger partial charge >= 0.3 is 33.1 Å². The molecule has 0 saturated heterocycles. The third kappa shape index (κ3) is 5.91. The van der Waals surface area contributed by atoms with Crippen molar-refractivity contribution in [2.24, 2.45) is 0 Å². The normalized spacial score (nSPS) is 14.1. The molecular weight excluding hydrogens is 390 g/mol. The van der Waals surface area contributed by atoms with Gasteiger partial charge in [-0.1, -0.05) is 26.2 Å². The summed E-state index contributed by atoms with van der Waals surface area (Å²) in [4.78, 5) is 0. The van der Waals surface area contributed by atoms with Gasteiger partial charge in [0.05, 0.1) is 0 Å². The van der Waals surface area contributed by atoms with Crippen molar-refractivity contribution >= 4 is 10.1 Å². The molecule has 0 saturated carbocycles. The van der Waals surface area contributed by atoms with E-state index in [0.717, 1.165) is 0 Å². The molecule has 0 fully saturated rings. The SMILES string of the molecule is CCCCCCC(F)(F)C(F)(F)C(F)(F)C(F)(F)S(=O)(=O)O.CNC. The topological polar surface area (TPSA) is 66.4 Å². The van der Waals surface area contributed by atoms with Gasteiger partial charge in [0.25, 0.3) is 0 Å².